The second-order valence-corrected chi connectivity index (χ2v) is 4.14. The molecule has 18 heavy (non-hydrogen) atoms. The zero-order valence-corrected chi connectivity index (χ0v) is 11.0. The molecule has 0 aliphatic carbocycles. The molecule has 0 atom stereocenters. The molecule has 0 aromatic carbocycles. The highest BCUT2D eigenvalue weighted by Gasteiger charge is 2.09. The average Bonchev–Trinajstić information content (AvgIpc) is 2.73. The number of methoxy groups -OCH3 is 1. The third-order valence-electron chi connectivity index (χ3n) is 2.47. The number of rotatable bonds is 4. The van der Waals surface area contributed by atoms with Crippen molar-refractivity contribution in [3.8, 4) is 6.01 Å². The van der Waals surface area contributed by atoms with Gasteiger partial charge in [0.05, 0.1) is 13.7 Å². The van der Waals surface area contributed by atoms with Crippen LogP contribution in [0.3, 0.4) is 0 Å². The van der Waals surface area contributed by atoms with Gasteiger partial charge in [0.1, 0.15) is 17.3 Å². The number of aryl methyl sites for hydroxylation is 2. The maximum absolute atomic E-state index is 5.06. The van der Waals surface area contributed by atoms with Crippen molar-refractivity contribution in [1.82, 2.24) is 15.1 Å². The lowest BCUT2D eigenvalue weighted by atomic mass is 10.3. The van der Waals surface area contributed by atoms with Crippen LogP contribution >= 0.6 is 0 Å². The minimum Gasteiger partial charge on any atom is -0.467 e. The van der Waals surface area contributed by atoms with Crippen molar-refractivity contribution in [2.75, 3.05) is 19.1 Å². The molecule has 0 aliphatic heterocycles. The van der Waals surface area contributed by atoms with Crippen molar-refractivity contribution in [2.45, 2.75) is 20.4 Å². The summed E-state index contributed by atoms with van der Waals surface area (Å²) in [4.78, 5) is 10.4. The summed E-state index contributed by atoms with van der Waals surface area (Å²) >= 11 is 0. The third-order valence-corrected chi connectivity index (χ3v) is 2.47. The van der Waals surface area contributed by atoms with Crippen LogP contribution in [0.4, 0.5) is 5.82 Å². The first kappa shape index (κ1) is 12.3. The van der Waals surface area contributed by atoms with Gasteiger partial charge in [-0.1, -0.05) is 5.16 Å². The van der Waals surface area contributed by atoms with E-state index in [0.29, 0.717) is 12.6 Å². The second-order valence-electron chi connectivity index (χ2n) is 4.14. The van der Waals surface area contributed by atoms with Gasteiger partial charge in [0.25, 0.3) is 0 Å². The van der Waals surface area contributed by atoms with E-state index in [1.165, 1.54) is 0 Å². The van der Waals surface area contributed by atoms with E-state index < -0.39 is 0 Å². The Morgan fingerprint density at radius 1 is 1.28 bits per heavy atom. The molecule has 0 saturated heterocycles. The summed E-state index contributed by atoms with van der Waals surface area (Å²) in [5.74, 6) is 1.59. The van der Waals surface area contributed by atoms with Gasteiger partial charge in [-0.3, -0.25) is 0 Å². The molecule has 2 heterocycles. The van der Waals surface area contributed by atoms with Gasteiger partial charge >= 0.3 is 6.01 Å². The molecule has 0 unspecified atom stereocenters. The monoisotopic (exact) mass is 248 g/mol. The summed E-state index contributed by atoms with van der Waals surface area (Å²) in [7, 11) is 3.49. The quantitative estimate of drug-likeness (QED) is 0.821. The Kier molecular flexibility index (Phi) is 3.45. The van der Waals surface area contributed by atoms with Gasteiger partial charge in [0.2, 0.25) is 0 Å². The van der Waals surface area contributed by atoms with Crippen LogP contribution in [0.15, 0.2) is 16.7 Å². The summed E-state index contributed by atoms with van der Waals surface area (Å²) in [5, 5.41) is 3.95. The largest absolute Gasteiger partial charge is 0.467 e. The van der Waals surface area contributed by atoms with Gasteiger partial charge in [-0.15, -0.1) is 0 Å². The highest BCUT2D eigenvalue weighted by atomic mass is 16.5. The lowest BCUT2D eigenvalue weighted by molar-refractivity contribution is 0.378. The fourth-order valence-corrected chi connectivity index (χ4v) is 1.63. The third kappa shape index (κ3) is 2.77. The molecular weight excluding hydrogens is 232 g/mol. The number of hydrogen-bond acceptors (Lipinski definition) is 6. The Hall–Kier alpha value is -2.11. The lowest BCUT2D eigenvalue weighted by Crippen LogP contribution is -2.18. The van der Waals surface area contributed by atoms with Gasteiger partial charge in [0, 0.05) is 24.9 Å². The zero-order valence-electron chi connectivity index (χ0n) is 11.0. The number of ether oxygens (including phenoxy) is 1. The Labute approximate surface area is 106 Å². The van der Waals surface area contributed by atoms with Crippen LogP contribution in [0.2, 0.25) is 0 Å². The molecule has 0 aliphatic rings. The number of nitrogens with zero attached hydrogens (tertiary/aromatic N) is 4. The molecule has 0 saturated carbocycles. The topological polar surface area (TPSA) is 64.3 Å². The summed E-state index contributed by atoms with van der Waals surface area (Å²) in [6.07, 6.45) is 0. The molecule has 0 N–H and O–H groups in total. The van der Waals surface area contributed by atoms with Crippen LogP contribution in [0.25, 0.3) is 0 Å². The second kappa shape index (κ2) is 5.03. The molecule has 6 nitrogen and oxygen atoms in total. The standard InChI is InChI=1S/C12H16N4O2/c1-8-5-11(14-12(13-8)17-4)16(3)7-10-6-9(2)18-15-10/h5-6H,7H2,1-4H3. The van der Waals surface area contributed by atoms with Crippen molar-refractivity contribution in [2.24, 2.45) is 0 Å². The minimum atomic E-state index is 0.369. The molecule has 0 radical (unpaired) electrons. The van der Waals surface area contributed by atoms with E-state index in [1.807, 2.05) is 37.9 Å². The zero-order chi connectivity index (χ0) is 13.1. The summed E-state index contributed by atoms with van der Waals surface area (Å²) < 4.78 is 10.1. The van der Waals surface area contributed by atoms with Crippen LogP contribution in [-0.2, 0) is 6.54 Å². The van der Waals surface area contributed by atoms with Crippen molar-refractivity contribution in [1.29, 1.82) is 0 Å². The molecule has 0 fully saturated rings. The Balaban J connectivity index is 2.17. The Bertz CT molecular complexity index is 539. The number of aromatic nitrogens is 3. The van der Waals surface area contributed by atoms with Gasteiger partial charge in [-0.25, -0.2) is 4.98 Å². The summed E-state index contributed by atoms with van der Waals surface area (Å²) in [5.41, 5.74) is 1.73. The molecule has 0 amide bonds. The summed E-state index contributed by atoms with van der Waals surface area (Å²) in [6, 6.07) is 4.17. The summed E-state index contributed by atoms with van der Waals surface area (Å²) in [6.45, 7) is 4.40. The van der Waals surface area contributed by atoms with E-state index in [2.05, 4.69) is 15.1 Å². The van der Waals surface area contributed by atoms with Gasteiger partial charge in [0.15, 0.2) is 0 Å². The molecule has 0 spiro atoms. The van der Waals surface area contributed by atoms with E-state index in [1.54, 1.807) is 7.11 Å². The van der Waals surface area contributed by atoms with Crippen molar-refractivity contribution >= 4 is 5.82 Å². The average molecular weight is 248 g/mol. The maximum Gasteiger partial charge on any atom is 0.318 e. The molecular formula is C12H16N4O2. The molecule has 96 valence electrons. The number of hydrogen-bond donors (Lipinski definition) is 0. The van der Waals surface area contributed by atoms with Crippen molar-refractivity contribution in [3.05, 3.63) is 29.3 Å². The predicted molar refractivity (Wildman–Crippen MR) is 66.7 cm³/mol. The highest BCUT2D eigenvalue weighted by Crippen LogP contribution is 2.16. The van der Waals surface area contributed by atoms with Crippen LogP contribution < -0.4 is 9.64 Å². The molecule has 2 aromatic heterocycles. The van der Waals surface area contributed by atoms with Crippen molar-refractivity contribution < 1.29 is 9.26 Å². The molecule has 6 heteroatoms. The van der Waals surface area contributed by atoms with Crippen LogP contribution in [0.1, 0.15) is 17.1 Å². The Morgan fingerprint density at radius 3 is 2.67 bits per heavy atom. The highest BCUT2D eigenvalue weighted by molar-refractivity contribution is 5.40. The first-order valence-corrected chi connectivity index (χ1v) is 5.61. The van der Waals surface area contributed by atoms with E-state index in [4.69, 9.17) is 9.26 Å². The van der Waals surface area contributed by atoms with E-state index in [9.17, 15) is 0 Å². The van der Waals surface area contributed by atoms with E-state index in [0.717, 1.165) is 23.0 Å². The molecule has 0 bridgehead atoms. The van der Waals surface area contributed by atoms with Crippen LogP contribution in [0, 0.1) is 13.8 Å². The SMILES string of the molecule is COc1nc(C)cc(N(C)Cc2cc(C)on2)n1. The van der Waals surface area contributed by atoms with Gasteiger partial charge < -0.3 is 14.2 Å². The van der Waals surface area contributed by atoms with Crippen molar-refractivity contribution in [3.63, 3.8) is 0 Å². The van der Waals surface area contributed by atoms with Crippen LogP contribution in [0.5, 0.6) is 6.01 Å². The smallest absolute Gasteiger partial charge is 0.318 e. The normalized spacial score (nSPS) is 10.4. The fraction of sp³-hybridized carbons (Fsp3) is 0.417. The van der Waals surface area contributed by atoms with E-state index >= 15 is 0 Å². The lowest BCUT2D eigenvalue weighted by Gasteiger charge is -2.17. The predicted octanol–water partition coefficient (Wildman–Crippen LogP) is 1.73. The first-order chi connectivity index (χ1) is 8.58. The molecule has 2 rings (SSSR count). The van der Waals surface area contributed by atoms with Gasteiger partial charge in [-0.05, 0) is 13.8 Å². The fourth-order valence-electron chi connectivity index (χ4n) is 1.63. The number of anilines is 1. The van der Waals surface area contributed by atoms with Gasteiger partial charge in [-0.2, -0.15) is 4.98 Å². The first-order valence-electron chi connectivity index (χ1n) is 5.61. The maximum atomic E-state index is 5.06. The minimum absolute atomic E-state index is 0.369. The molecule has 2 aromatic rings. The van der Waals surface area contributed by atoms with Crippen LogP contribution in [-0.4, -0.2) is 29.3 Å². The Morgan fingerprint density at radius 2 is 2.06 bits per heavy atom. The van der Waals surface area contributed by atoms with E-state index in [-0.39, 0.29) is 0 Å².